The molecule has 3 aromatic carbocycles. The highest BCUT2D eigenvalue weighted by Gasteiger charge is 2.32. The van der Waals surface area contributed by atoms with E-state index in [1.807, 2.05) is 43.3 Å². The molecule has 0 fully saturated rings. The van der Waals surface area contributed by atoms with Crippen LogP contribution in [-0.2, 0) is 19.6 Å². The minimum atomic E-state index is -3.78. The SMILES string of the molecule is COc1ccc(C=CC(=O)OCCN(C2=NS(=O)(=O)c3ccccc32)c2ccc(C)cc2)cc1. The number of sulfonamides is 1. The summed E-state index contributed by atoms with van der Waals surface area (Å²) in [4.78, 5) is 14.2. The molecule has 0 amide bonds. The Bertz CT molecular complexity index is 1340. The normalized spacial score (nSPS) is 13.9. The maximum Gasteiger partial charge on any atom is 0.330 e. The van der Waals surface area contributed by atoms with Gasteiger partial charge >= 0.3 is 5.97 Å². The average Bonchev–Trinajstić information content (AvgIpc) is 3.12. The lowest BCUT2D eigenvalue weighted by Gasteiger charge is -2.24. The molecule has 4 rings (SSSR count). The van der Waals surface area contributed by atoms with Crippen molar-refractivity contribution in [1.29, 1.82) is 0 Å². The van der Waals surface area contributed by atoms with Gasteiger partial charge in [-0.3, -0.25) is 0 Å². The second kappa shape index (κ2) is 9.93. The fraction of sp³-hybridized carbons (Fsp3) is 0.154. The van der Waals surface area contributed by atoms with Crippen molar-refractivity contribution in [3.05, 3.63) is 95.6 Å². The molecule has 0 atom stereocenters. The van der Waals surface area contributed by atoms with Crippen LogP contribution in [0.4, 0.5) is 5.69 Å². The van der Waals surface area contributed by atoms with Crippen LogP contribution in [0.15, 0.2) is 88.2 Å². The number of hydrogen-bond donors (Lipinski definition) is 0. The van der Waals surface area contributed by atoms with Crippen molar-refractivity contribution in [2.45, 2.75) is 11.8 Å². The number of ether oxygens (including phenoxy) is 2. The van der Waals surface area contributed by atoms with Gasteiger partial charge in [-0.25, -0.2) is 4.79 Å². The van der Waals surface area contributed by atoms with Gasteiger partial charge in [0.05, 0.1) is 13.7 Å². The van der Waals surface area contributed by atoms with Crippen molar-refractivity contribution in [2.75, 3.05) is 25.2 Å². The number of rotatable bonds is 7. The fourth-order valence-electron chi connectivity index (χ4n) is 3.53. The van der Waals surface area contributed by atoms with Crippen LogP contribution in [0.2, 0.25) is 0 Å². The second-order valence-corrected chi connectivity index (χ2v) is 9.22. The van der Waals surface area contributed by atoms with Crippen LogP contribution in [-0.4, -0.2) is 40.5 Å². The van der Waals surface area contributed by atoms with Crippen LogP contribution < -0.4 is 9.64 Å². The molecule has 174 valence electrons. The van der Waals surface area contributed by atoms with Crippen LogP contribution in [0.5, 0.6) is 5.75 Å². The smallest absolute Gasteiger partial charge is 0.330 e. The third kappa shape index (κ3) is 5.18. The Morgan fingerprint density at radius 3 is 2.41 bits per heavy atom. The molecule has 0 saturated carbocycles. The summed E-state index contributed by atoms with van der Waals surface area (Å²) in [5, 5.41) is 0. The van der Waals surface area contributed by atoms with Crippen molar-refractivity contribution >= 4 is 33.6 Å². The molecule has 1 aliphatic heterocycles. The van der Waals surface area contributed by atoms with Gasteiger partial charge in [-0.15, -0.1) is 4.40 Å². The topological polar surface area (TPSA) is 85.3 Å². The zero-order chi connectivity index (χ0) is 24.1. The van der Waals surface area contributed by atoms with Gasteiger partial charge in [0.15, 0.2) is 5.84 Å². The van der Waals surface area contributed by atoms with E-state index in [2.05, 4.69) is 4.40 Å². The molecule has 0 unspecified atom stereocenters. The molecule has 3 aromatic rings. The number of carbonyl (C=O) groups is 1. The summed E-state index contributed by atoms with van der Waals surface area (Å²) >= 11 is 0. The van der Waals surface area contributed by atoms with Gasteiger partial charge in [-0.1, -0.05) is 42.0 Å². The summed E-state index contributed by atoms with van der Waals surface area (Å²) in [6.45, 7) is 2.24. The minimum Gasteiger partial charge on any atom is -0.497 e. The molecular formula is C26H24N2O5S. The first-order valence-corrected chi connectivity index (χ1v) is 12.1. The zero-order valence-electron chi connectivity index (χ0n) is 18.8. The summed E-state index contributed by atoms with van der Waals surface area (Å²) in [5.41, 5.74) is 3.18. The quantitative estimate of drug-likeness (QED) is 0.375. The lowest BCUT2D eigenvalue weighted by Crippen LogP contribution is -2.34. The van der Waals surface area contributed by atoms with Crippen LogP contribution in [0.3, 0.4) is 0 Å². The highest BCUT2D eigenvalue weighted by atomic mass is 32.2. The average molecular weight is 477 g/mol. The Morgan fingerprint density at radius 1 is 1.00 bits per heavy atom. The lowest BCUT2D eigenvalue weighted by atomic mass is 10.1. The number of hydrogen-bond acceptors (Lipinski definition) is 6. The number of aryl methyl sites for hydroxylation is 1. The standard InChI is InChI=1S/C26H24N2O5S/c1-19-7-12-21(13-8-19)28(26-23-5-3-4-6-24(23)34(30,31)27-26)17-18-33-25(29)16-11-20-9-14-22(32-2)15-10-20/h3-16H,17-18H2,1-2H3. The molecule has 7 nitrogen and oxygen atoms in total. The summed E-state index contributed by atoms with van der Waals surface area (Å²) in [5.74, 6) is 0.541. The van der Waals surface area contributed by atoms with Crippen molar-refractivity contribution in [1.82, 2.24) is 0 Å². The molecular weight excluding hydrogens is 452 g/mol. The first-order chi connectivity index (χ1) is 16.4. The number of fused-ring (bicyclic) bond motifs is 1. The number of benzene rings is 3. The Labute approximate surface area is 199 Å². The number of esters is 1. The van der Waals surface area contributed by atoms with Gasteiger partial charge in [-0.2, -0.15) is 8.42 Å². The Hall–Kier alpha value is -3.91. The van der Waals surface area contributed by atoms with Crippen molar-refractivity contribution in [3.8, 4) is 5.75 Å². The molecule has 1 aliphatic rings. The van der Waals surface area contributed by atoms with E-state index >= 15 is 0 Å². The van der Waals surface area contributed by atoms with E-state index in [0.717, 1.165) is 22.6 Å². The molecule has 8 heteroatoms. The van der Waals surface area contributed by atoms with E-state index in [-0.39, 0.29) is 18.0 Å². The van der Waals surface area contributed by atoms with Crippen LogP contribution >= 0.6 is 0 Å². The predicted octanol–water partition coefficient (Wildman–Crippen LogP) is 4.22. The van der Waals surface area contributed by atoms with Gasteiger partial charge in [0.1, 0.15) is 17.3 Å². The largest absolute Gasteiger partial charge is 0.497 e. The minimum absolute atomic E-state index is 0.0426. The molecule has 0 N–H and O–H groups in total. The Balaban J connectivity index is 1.49. The van der Waals surface area contributed by atoms with Gasteiger partial charge in [0.25, 0.3) is 10.0 Å². The van der Waals surface area contributed by atoms with E-state index in [0.29, 0.717) is 11.4 Å². The number of anilines is 1. The summed E-state index contributed by atoms with van der Waals surface area (Å²) < 4.78 is 39.7. The number of carbonyl (C=O) groups excluding carboxylic acids is 1. The molecule has 0 aromatic heterocycles. The Morgan fingerprint density at radius 2 is 1.71 bits per heavy atom. The first kappa shape index (κ1) is 23.3. The van der Waals surface area contributed by atoms with Crippen LogP contribution in [0.1, 0.15) is 16.7 Å². The summed E-state index contributed by atoms with van der Waals surface area (Å²) in [6.07, 6.45) is 3.01. The van der Waals surface area contributed by atoms with E-state index in [1.54, 1.807) is 54.5 Å². The Kier molecular flexibility index (Phi) is 6.79. The third-order valence-electron chi connectivity index (χ3n) is 5.30. The van der Waals surface area contributed by atoms with E-state index < -0.39 is 16.0 Å². The van der Waals surface area contributed by atoms with Gasteiger partial charge in [-0.05, 0) is 55.0 Å². The number of methoxy groups -OCH3 is 1. The summed E-state index contributed by atoms with van der Waals surface area (Å²) in [7, 11) is -2.19. The van der Waals surface area contributed by atoms with Gasteiger partial charge in [0.2, 0.25) is 0 Å². The molecule has 0 bridgehead atoms. The van der Waals surface area contributed by atoms with E-state index in [1.165, 1.54) is 6.08 Å². The molecule has 34 heavy (non-hydrogen) atoms. The third-order valence-corrected chi connectivity index (χ3v) is 6.63. The van der Waals surface area contributed by atoms with E-state index in [9.17, 15) is 13.2 Å². The monoisotopic (exact) mass is 476 g/mol. The predicted molar refractivity (Wildman–Crippen MR) is 132 cm³/mol. The maximum absolute atomic E-state index is 12.6. The van der Waals surface area contributed by atoms with Crippen LogP contribution in [0.25, 0.3) is 6.08 Å². The molecule has 0 spiro atoms. The zero-order valence-corrected chi connectivity index (χ0v) is 19.7. The highest BCUT2D eigenvalue weighted by molar-refractivity contribution is 7.90. The molecule has 0 radical (unpaired) electrons. The van der Waals surface area contributed by atoms with Crippen molar-refractivity contribution in [3.63, 3.8) is 0 Å². The van der Waals surface area contributed by atoms with Crippen molar-refractivity contribution in [2.24, 2.45) is 4.40 Å². The van der Waals surface area contributed by atoms with Crippen molar-refractivity contribution < 1.29 is 22.7 Å². The van der Waals surface area contributed by atoms with Gasteiger partial charge < -0.3 is 14.4 Å². The first-order valence-electron chi connectivity index (χ1n) is 10.6. The number of amidine groups is 1. The number of nitrogens with zero attached hydrogens (tertiary/aromatic N) is 2. The lowest BCUT2D eigenvalue weighted by molar-refractivity contribution is -0.137. The molecule has 1 heterocycles. The summed E-state index contributed by atoms with van der Waals surface area (Å²) in [6, 6.07) is 21.6. The highest BCUT2D eigenvalue weighted by Crippen LogP contribution is 2.30. The van der Waals surface area contributed by atoms with E-state index in [4.69, 9.17) is 9.47 Å². The molecule has 0 saturated heterocycles. The van der Waals surface area contributed by atoms with Crippen LogP contribution in [0, 0.1) is 6.92 Å². The molecule has 0 aliphatic carbocycles. The van der Waals surface area contributed by atoms with Gasteiger partial charge in [0, 0.05) is 17.3 Å². The maximum atomic E-state index is 12.6. The fourth-order valence-corrected chi connectivity index (χ4v) is 4.74. The second-order valence-electron chi connectivity index (χ2n) is 7.65.